The van der Waals surface area contributed by atoms with E-state index in [0.29, 0.717) is 12.0 Å². The van der Waals surface area contributed by atoms with Crippen molar-refractivity contribution in [2.75, 3.05) is 18.8 Å². The molecule has 0 spiro atoms. The largest absolute Gasteiger partial charge is 0.508 e. The molecule has 12 N–H and O–H groups in total. The molecule has 2 unspecified atom stereocenters. The number of phenols is 3. The van der Waals surface area contributed by atoms with Gasteiger partial charge < -0.3 is 57.9 Å². The van der Waals surface area contributed by atoms with E-state index in [1.165, 1.54) is 30.5 Å². The maximum absolute atomic E-state index is 14.1. The van der Waals surface area contributed by atoms with Gasteiger partial charge in [0.2, 0.25) is 41.2 Å². The highest BCUT2D eigenvalue weighted by molar-refractivity contribution is 7.85. The number of Topliss-reactive ketones (excluding diaryl/α,β-unsaturated/α-hetero) is 1. The normalized spacial score (nSPS) is 21.1. The van der Waals surface area contributed by atoms with Crippen molar-refractivity contribution in [3.8, 4) is 17.2 Å². The van der Waals surface area contributed by atoms with E-state index < -0.39 is 130 Å². The van der Waals surface area contributed by atoms with Gasteiger partial charge in [0.05, 0.1) is 29.9 Å². The van der Waals surface area contributed by atoms with E-state index in [4.69, 9.17) is 0 Å². The summed E-state index contributed by atoms with van der Waals surface area (Å²) in [6.45, 7) is 4.61. The smallest absolute Gasteiger partial charge is 0.290 e. The highest BCUT2D eigenvalue weighted by atomic mass is 32.2. The molecule has 0 aliphatic carbocycles. The second kappa shape index (κ2) is 25.2. The average molecular weight is 1010 g/mol. The number of nitrogens with one attached hydrogen (secondary N) is 8. The lowest BCUT2D eigenvalue weighted by molar-refractivity contribution is -0.141. The van der Waals surface area contributed by atoms with Crippen LogP contribution in [0.1, 0.15) is 79.6 Å². The summed E-state index contributed by atoms with van der Waals surface area (Å²) in [7, 11) is -4.96. The zero-order valence-corrected chi connectivity index (χ0v) is 39.9. The second-order valence-corrected chi connectivity index (χ2v) is 18.6. The lowest BCUT2D eigenvalue weighted by atomic mass is 9.94. The lowest BCUT2D eigenvalue weighted by Crippen LogP contribution is -2.61. The fourth-order valence-corrected chi connectivity index (χ4v) is 8.18. The van der Waals surface area contributed by atoms with Crippen molar-refractivity contribution in [3.63, 3.8) is 0 Å². The molecule has 1 aliphatic rings. The van der Waals surface area contributed by atoms with E-state index in [9.17, 15) is 71.4 Å². The molecular weight excluding hydrogens is 959 g/mol. The van der Waals surface area contributed by atoms with Crippen LogP contribution in [0.5, 0.6) is 17.2 Å². The number of carbonyl (C=O) groups is 9. The third-order valence-electron chi connectivity index (χ3n) is 10.7. The monoisotopic (exact) mass is 1010 g/mol. The number of hydrogen-bond acceptors (Lipinski definition) is 16. The van der Waals surface area contributed by atoms with Gasteiger partial charge in [0.15, 0.2) is 0 Å². The van der Waals surface area contributed by atoms with Crippen LogP contribution in [0, 0.1) is 5.92 Å². The minimum Gasteiger partial charge on any atom is -0.508 e. The third kappa shape index (κ3) is 16.7. The van der Waals surface area contributed by atoms with Crippen molar-refractivity contribution in [2.24, 2.45) is 5.92 Å². The summed E-state index contributed by atoms with van der Waals surface area (Å²) in [5.74, 6) is -12.3. The van der Waals surface area contributed by atoms with Gasteiger partial charge in [-0.1, -0.05) is 45.7 Å². The van der Waals surface area contributed by atoms with Crippen LogP contribution in [0.15, 0.2) is 53.9 Å². The quantitative estimate of drug-likeness (QED) is 0.0522. The van der Waals surface area contributed by atoms with Crippen molar-refractivity contribution in [2.45, 2.75) is 89.6 Å². The fourth-order valence-electron chi connectivity index (χ4n) is 6.69. The Labute approximate surface area is 405 Å². The highest BCUT2D eigenvalue weighted by Crippen LogP contribution is 2.25. The standard InChI is InChI=1S/C44H55N9O15S2/c1-5-7-29-41(63)53-36(22(3)6-2)37(59)43(65)51-30(16-24-8-11-26(54)12-9-24)44-48-25(20-69-44)10-15-34(57)49-32(21-70(66,67)68)40(62)45-18-31(42(64)50-29)52-38(60)23(4)47-35(58)19-46-39(61)28-17-27(55)13-14-33(28)56/h8-15,17,20,22-23,29-32,36,54-56H,5-7,16,18-19,21H2,1-4H3,(H,45,62)(H,46,61)(H,47,58)(H,49,57)(H,50,64)(H,51,65)(H,52,60)(H,53,63)(H,66,67,68)/b15-10+/t22?,23-,29-,30+,31?,32-,36-/m0/s1. The fraction of sp³-hybridized carbons (Fsp3) is 0.409. The molecule has 1 aromatic heterocycles. The first-order valence-electron chi connectivity index (χ1n) is 21.8. The minimum atomic E-state index is -4.96. The molecule has 0 saturated carbocycles. The summed E-state index contributed by atoms with van der Waals surface area (Å²) in [6.07, 6.45) is 2.65. The summed E-state index contributed by atoms with van der Waals surface area (Å²) in [5, 5.41) is 50.2. The highest BCUT2D eigenvalue weighted by Gasteiger charge is 2.36. The molecule has 70 heavy (non-hydrogen) atoms. The van der Waals surface area contributed by atoms with E-state index in [1.807, 2.05) is 0 Å². The number of phenolic OH excluding ortho intramolecular Hbond substituents is 3. The molecule has 26 heteroatoms. The number of benzene rings is 2. The Kier molecular flexibility index (Phi) is 19.9. The molecule has 4 rings (SSSR count). The summed E-state index contributed by atoms with van der Waals surface area (Å²) in [6, 6.07) is 0.00555. The maximum Gasteiger partial charge on any atom is 0.290 e. The summed E-state index contributed by atoms with van der Waals surface area (Å²) < 4.78 is 33.7. The van der Waals surface area contributed by atoms with Crippen molar-refractivity contribution in [1.29, 1.82) is 0 Å². The molecule has 0 fully saturated rings. The number of carbonyl (C=O) groups excluding carboxylic acids is 9. The van der Waals surface area contributed by atoms with Gasteiger partial charge in [-0.25, -0.2) is 4.98 Å². The summed E-state index contributed by atoms with van der Waals surface area (Å²) >= 11 is 1.04. The summed E-state index contributed by atoms with van der Waals surface area (Å²) in [5.41, 5.74) is 0.409. The van der Waals surface area contributed by atoms with Gasteiger partial charge in [0, 0.05) is 18.0 Å². The molecule has 2 heterocycles. The number of amides is 8. The first-order chi connectivity index (χ1) is 33.0. The molecule has 24 nitrogen and oxygen atoms in total. The van der Waals surface area contributed by atoms with Crippen molar-refractivity contribution in [1.82, 2.24) is 47.5 Å². The van der Waals surface area contributed by atoms with Gasteiger partial charge in [-0.2, -0.15) is 8.42 Å². The van der Waals surface area contributed by atoms with Crippen LogP contribution in [0.3, 0.4) is 0 Å². The zero-order chi connectivity index (χ0) is 51.9. The first-order valence-corrected chi connectivity index (χ1v) is 24.3. The van der Waals surface area contributed by atoms with Crippen LogP contribution in [-0.4, -0.2) is 135 Å². The topological polar surface area (TPSA) is 378 Å². The molecule has 2 aromatic carbocycles. The number of thiazole rings is 1. The Morgan fingerprint density at radius 1 is 0.843 bits per heavy atom. The minimum absolute atomic E-state index is 0.0281. The Morgan fingerprint density at radius 2 is 1.53 bits per heavy atom. The second-order valence-electron chi connectivity index (χ2n) is 16.2. The van der Waals surface area contributed by atoms with Gasteiger partial charge in [-0.15, -0.1) is 11.3 Å². The number of hydrogen-bond donors (Lipinski definition) is 12. The molecule has 7 atom stereocenters. The Hall–Kier alpha value is -7.45. The van der Waals surface area contributed by atoms with E-state index in [1.54, 1.807) is 32.9 Å². The molecule has 2 bridgehead atoms. The number of aromatic nitrogens is 1. The van der Waals surface area contributed by atoms with E-state index in [-0.39, 0.29) is 47.0 Å². The average Bonchev–Trinajstić information content (AvgIpc) is 3.79. The van der Waals surface area contributed by atoms with Gasteiger partial charge in [0.25, 0.3) is 21.9 Å². The molecular formula is C44H55N9O15S2. The van der Waals surface area contributed by atoms with Crippen LogP contribution in [0.2, 0.25) is 0 Å². The van der Waals surface area contributed by atoms with Crippen molar-refractivity contribution >= 4 is 80.6 Å². The van der Waals surface area contributed by atoms with Gasteiger partial charge in [0.1, 0.15) is 52.2 Å². The Bertz CT molecular complexity index is 2590. The Balaban J connectivity index is 1.67. The van der Waals surface area contributed by atoms with Crippen molar-refractivity contribution < 1.29 is 71.4 Å². The summed E-state index contributed by atoms with van der Waals surface area (Å²) in [4.78, 5) is 126. The zero-order valence-electron chi connectivity index (χ0n) is 38.3. The van der Waals surface area contributed by atoms with Gasteiger partial charge in [-0.3, -0.25) is 47.7 Å². The predicted octanol–water partition coefficient (Wildman–Crippen LogP) is -1.02. The lowest BCUT2D eigenvalue weighted by Gasteiger charge is -2.28. The predicted molar refractivity (Wildman–Crippen MR) is 250 cm³/mol. The van der Waals surface area contributed by atoms with Crippen molar-refractivity contribution in [3.05, 3.63) is 75.7 Å². The molecule has 1 aliphatic heterocycles. The van der Waals surface area contributed by atoms with Gasteiger partial charge in [-0.05, 0) is 67.7 Å². The molecule has 0 radical (unpaired) electrons. The number of nitrogens with zero attached hydrogens (tertiary/aromatic N) is 1. The van der Waals surface area contributed by atoms with Crippen LogP contribution in [-0.2, 0) is 54.9 Å². The molecule has 8 amide bonds. The Morgan fingerprint density at radius 3 is 2.19 bits per heavy atom. The molecule has 3 aromatic rings. The van der Waals surface area contributed by atoms with E-state index in [0.717, 1.165) is 35.6 Å². The number of rotatable bonds is 14. The van der Waals surface area contributed by atoms with Crippen LogP contribution >= 0.6 is 11.3 Å². The first kappa shape index (κ1) is 55.1. The van der Waals surface area contributed by atoms with E-state index in [2.05, 4.69) is 47.5 Å². The van der Waals surface area contributed by atoms with Crippen LogP contribution in [0.25, 0.3) is 6.08 Å². The van der Waals surface area contributed by atoms with E-state index >= 15 is 0 Å². The van der Waals surface area contributed by atoms with Crippen LogP contribution < -0.4 is 42.5 Å². The molecule has 378 valence electrons. The number of fused-ring (bicyclic) bond motifs is 2. The third-order valence-corrected chi connectivity index (χ3v) is 12.4. The number of ketones is 1. The van der Waals surface area contributed by atoms with Crippen LogP contribution in [0.4, 0.5) is 0 Å². The maximum atomic E-state index is 14.1. The SMILES string of the molecule is CCC[C@@H]1NC(=O)C(NC(=O)[C@H](C)NC(=O)CNC(=O)c2cc(O)ccc2O)CNC(=O)[C@H](CS(=O)(=O)O)NC(=O)/C=C/c2csc(n2)[C@@H](Cc2ccc(O)cc2)NC(=O)C(=O)[C@H](C(C)CC)NC1=O. The molecule has 0 saturated heterocycles. The number of aromatic hydroxyl groups is 3. The van der Waals surface area contributed by atoms with Gasteiger partial charge >= 0.3 is 0 Å².